The molecule has 13 heavy (non-hydrogen) atoms. The van der Waals surface area contributed by atoms with E-state index in [1.807, 2.05) is 6.92 Å². The maximum atomic E-state index is 13.4. The van der Waals surface area contributed by atoms with Crippen LogP contribution in [0.2, 0.25) is 5.02 Å². The summed E-state index contributed by atoms with van der Waals surface area (Å²) in [6.45, 7) is 4.13. The molecule has 0 aromatic heterocycles. The Balaban J connectivity index is 2.96. The number of halogens is 2. The zero-order chi connectivity index (χ0) is 9.84. The first-order chi connectivity index (χ1) is 6.16. The molecule has 72 valence electrons. The molecule has 1 aromatic rings. The van der Waals surface area contributed by atoms with Crippen molar-refractivity contribution < 1.29 is 9.13 Å². The van der Waals surface area contributed by atoms with Crippen LogP contribution >= 0.6 is 11.6 Å². The molecule has 0 amide bonds. The molecular formula is C10H12ClFO. The lowest BCUT2D eigenvalue weighted by Gasteiger charge is -2.08. The highest BCUT2D eigenvalue weighted by Crippen LogP contribution is 2.29. The SMILES string of the molecule is CCCOc1c(Cl)ccc(C)c1F. The van der Waals surface area contributed by atoms with Crippen LogP contribution in [0.1, 0.15) is 18.9 Å². The second kappa shape index (κ2) is 4.47. The monoisotopic (exact) mass is 202 g/mol. The quantitative estimate of drug-likeness (QED) is 0.728. The van der Waals surface area contributed by atoms with Crippen molar-refractivity contribution in [1.29, 1.82) is 0 Å². The van der Waals surface area contributed by atoms with Gasteiger partial charge in [0.2, 0.25) is 0 Å². The van der Waals surface area contributed by atoms with Crippen molar-refractivity contribution in [2.75, 3.05) is 6.61 Å². The van der Waals surface area contributed by atoms with Crippen molar-refractivity contribution in [2.24, 2.45) is 0 Å². The second-order valence-corrected chi connectivity index (χ2v) is 3.26. The minimum atomic E-state index is -0.360. The normalized spacial score (nSPS) is 10.2. The zero-order valence-electron chi connectivity index (χ0n) is 7.73. The fourth-order valence-electron chi connectivity index (χ4n) is 0.967. The number of aryl methyl sites for hydroxylation is 1. The van der Waals surface area contributed by atoms with Crippen molar-refractivity contribution in [3.8, 4) is 5.75 Å². The van der Waals surface area contributed by atoms with Gasteiger partial charge in [-0.15, -0.1) is 0 Å². The summed E-state index contributed by atoms with van der Waals surface area (Å²) in [5.41, 5.74) is 0.551. The molecule has 0 aliphatic carbocycles. The molecule has 0 spiro atoms. The summed E-state index contributed by atoms with van der Waals surface area (Å²) >= 11 is 5.77. The van der Waals surface area contributed by atoms with Gasteiger partial charge in [0.15, 0.2) is 11.6 Å². The van der Waals surface area contributed by atoms with Gasteiger partial charge in [-0.3, -0.25) is 0 Å². The molecule has 1 aromatic carbocycles. The van der Waals surface area contributed by atoms with Gasteiger partial charge >= 0.3 is 0 Å². The lowest BCUT2D eigenvalue weighted by molar-refractivity contribution is 0.301. The van der Waals surface area contributed by atoms with E-state index in [1.54, 1.807) is 19.1 Å². The second-order valence-electron chi connectivity index (χ2n) is 2.86. The van der Waals surface area contributed by atoms with Gasteiger partial charge in [0.1, 0.15) is 0 Å². The van der Waals surface area contributed by atoms with Crippen molar-refractivity contribution >= 4 is 11.6 Å². The van der Waals surface area contributed by atoms with Crippen molar-refractivity contribution in [2.45, 2.75) is 20.3 Å². The van der Waals surface area contributed by atoms with Crippen LogP contribution in [0.25, 0.3) is 0 Å². The van der Waals surface area contributed by atoms with E-state index < -0.39 is 0 Å². The number of benzene rings is 1. The molecule has 0 atom stereocenters. The minimum Gasteiger partial charge on any atom is -0.489 e. The van der Waals surface area contributed by atoms with Crippen LogP contribution < -0.4 is 4.74 Å². The first kappa shape index (κ1) is 10.3. The molecule has 0 heterocycles. The molecule has 0 N–H and O–H groups in total. The van der Waals surface area contributed by atoms with E-state index in [2.05, 4.69) is 0 Å². The van der Waals surface area contributed by atoms with Gasteiger partial charge < -0.3 is 4.74 Å². The molecular weight excluding hydrogens is 191 g/mol. The van der Waals surface area contributed by atoms with E-state index >= 15 is 0 Å². The summed E-state index contributed by atoms with van der Waals surface area (Å²) in [5.74, 6) is -0.190. The smallest absolute Gasteiger partial charge is 0.173 e. The molecule has 0 saturated heterocycles. The first-order valence-electron chi connectivity index (χ1n) is 4.24. The summed E-state index contributed by atoms with van der Waals surface area (Å²) in [6, 6.07) is 3.28. The topological polar surface area (TPSA) is 9.23 Å². The molecule has 0 saturated carbocycles. The highest BCUT2D eigenvalue weighted by molar-refractivity contribution is 6.32. The molecule has 0 fully saturated rings. The number of hydrogen-bond donors (Lipinski definition) is 0. The molecule has 3 heteroatoms. The number of rotatable bonds is 3. The lowest BCUT2D eigenvalue weighted by Crippen LogP contribution is -1.99. The van der Waals surface area contributed by atoms with Gasteiger partial charge in [-0.2, -0.15) is 0 Å². The van der Waals surface area contributed by atoms with E-state index in [9.17, 15) is 4.39 Å². The Morgan fingerprint density at radius 3 is 2.77 bits per heavy atom. The highest BCUT2D eigenvalue weighted by atomic mass is 35.5. The predicted octanol–water partition coefficient (Wildman–Crippen LogP) is 3.58. The zero-order valence-corrected chi connectivity index (χ0v) is 8.49. The maximum absolute atomic E-state index is 13.4. The van der Waals surface area contributed by atoms with Crippen LogP contribution in [-0.2, 0) is 0 Å². The van der Waals surface area contributed by atoms with Crippen LogP contribution in [0.5, 0.6) is 5.75 Å². The fourth-order valence-corrected chi connectivity index (χ4v) is 1.17. The summed E-state index contributed by atoms with van der Waals surface area (Å²) in [6.07, 6.45) is 0.837. The van der Waals surface area contributed by atoms with Crippen molar-refractivity contribution in [1.82, 2.24) is 0 Å². The van der Waals surface area contributed by atoms with Gasteiger partial charge in [-0.25, -0.2) is 4.39 Å². The van der Waals surface area contributed by atoms with Crippen LogP contribution in [-0.4, -0.2) is 6.61 Å². The Labute approximate surface area is 82.5 Å². The number of hydrogen-bond acceptors (Lipinski definition) is 1. The largest absolute Gasteiger partial charge is 0.489 e. The molecule has 0 unspecified atom stereocenters. The molecule has 0 radical (unpaired) electrons. The predicted molar refractivity (Wildman–Crippen MR) is 51.9 cm³/mol. The van der Waals surface area contributed by atoms with Crippen LogP contribution in [0.3, 0.4) is 0 Å². The fraction of sp³-hybridized carbons (Fsp3) is 0.400. The maximum Gasteiger partial charge on any atom is 0.173 e. The van der Waals surface area contributed by atoms with Crippen LogP contribution in [0.4, 0.5) is 4.39 Å². The average molecular weight is 203 g/mol. The van der Waals surface area contributed by atoms with E-state index in [0.717, 1.165) is 6.42 Å². The Morgan fingerprint density at radius 1 is 1.46 bits per heavy atom. The van der Waals surface area contributed by atoms with Gasteiger partial charge in [-0.05, 0) is 25.0 Å². The van der Waals surface area contributed by atoms with Gasteiger partial charge in [0, 0.05) is 0 Å². The summed E-state index contributed by atoms with van der Waals surface area (Å²) < 4.78 is 18.6. The summed E-state index contributed by atoms with van der Waals surface area (Å²) in [5, 5.41) is 0.330. The Hall–Kier alpha value is -0.760. The minimum absolute atomic E-state index is 0.170. The molecule has 1 nitrogen and oxygen atoms in total. The summed E-state index contributed by atoms with van der Waals surface area (Å²) in [7, 11) is 0. The third kappa shape index (κ3) is 2.34. The molecule has 0 aliphatic heterocycles. The first-order valence-corrected chi connectivity index (χ1v) is 4.62. The molecule has 0 aliphatic rings. The van der Waals surface area contributed by atoms with E-state index in [4.69, 9.17) is 16.3 Å². The standard InChI is InChI=1S/C10H12ClFO/c1-3-6-13-10-8(11)5-4-7(2)9(10)12/h4-5H,3,6H2,1-2H3. The highest BCUT2D eigenvalue weighted by Gasteiger charge is 2.10. The third-order valence-electron chi connectivity index (χ3n) is 1.69. The average Bonchev–Trinajstić information content (AvgIpc) is 2.12. The Kier molecular flexibility index (Phi) is 3.55. The van der Waals surface area contributed by atoms with Crippen LogP contribution in [0.15, 0.2) is 12.1 Å². The number of ether oxygens (including phenoxy) is 1. The Morgan fingerprint density at radius 2 is 2.15 bits per heavy atom. The van der Waals surface area contributed by atoms with Gasteiger partial charge in [0.25, 0.3) is 0 Å². The lowest BCUT2D eigenvalue weighted by atomic mass is 10.2. The van der Waals surface area contributed by atoms with E-state index in [-0.39, 0.29) is 11.6 Å². The van der Waals surface area contributed by atoms with Gasteiger partial charge in [-0.1, -0.05) is 24.6 Å². The molecule has 0 bridgehead atoms. The van der Waals surface area contributed by atoms with E-state index in [1.165, 1.54) is 0 Å². The molecule has 1 rings (SSSR count). The summed E-state index contributed by atoms with van der Waals surface area (Å²) in [4.78, 5) is 0. The van der Waals surface area contributed by atoms with Crippen molar-refractivity contribution in [3.05, 3.63) is 28.5 Å². The third-order valence-corrected chi connectivity index (χ3v) is 1.99. The van der Waals surface area contributed by atoms with E-state index in [0.29, 0.717) is 17.2 Å². The van der Waals surface area contributed by atoms with Gasteiger partial charge in [0.05, 0.1) is 11.6 Å². The Bertz CT molecular complexity index is 299. The van der Waals surface area contributed by atoms with Crippen molar-refractivity contribution in [3.63, 3.8) is 0 Å². The van der Waals surface area contributed by atoms with Crippen LogP contribution in [0, 0.1) is 12.7 Å².